The van der Waals surface area contributed by atoms with Gasteiger partial charge in [-0.3, -0.25) is 4.98 Å². The maximum atomic E-state index is 4.42. The summed E-state index contributed by atoms with van der Waals surface area (Å²) in [5, 5.41) is 0. The minimum atomic E-state index is 0.940. The van der Waals surface area contributed by atoms with Crippen molar-refractivity contribution in [2.24, 2.45) is 0 Å². The largest absolute Gasteiger partial charge is 0.261 e. The van der Waals surface area contributed by atoms with Gasteiger partial charge >= 0.3 is 0 Å². The van der Waals surface area contributed by atoms with Gasteiger partial charge in [-0.15, -0.1) is 6.58 Å². The first-order valence-electron chi connectivity index (χ1n) is 5.42. The van der Waals surface area contributed by atoms with Crippen LogP contribution in [0.3, 0.4) is 0 Å². The first kappa shape index (κ1) is 11.0. The van der Waals surface area contributed by atoms with E-state index >= 15 is 0 Å². The molecule has 1 heteroatoms. The number of nitrogens with zero attached hydrogens (tertiary/aromatic N) is 1. The molecular weight excluding hydrogens is 170 g/mol. The lowest BCUT2D eigenvalue weighted by molar-refractivity contribution is 0.703. The van der Waals surface area contributed by atoms with Crippen LogP contribution in [0, 0.1) is 0 Å². The standard InChI is InChI=1S/C13H19N/c1-3-5-6-10-13-12(8-4-2)9-7-11-14-13/h4,7,9,11H,2-3,5-6,8,10H2,1H3. The van der Waals surface area contributed by atoms with Crippen LogP contribution in [0.15, 0.2) is 31.0 Å². The molecule has 1 nitrogen and oxygen atoms in total. The highest BCUT2D eigenvalue weighted by atomic mass is 14.7. The molecule has 0 aliphatic carbocycles. The van der Waals surface area contributed by atoms with E-state index in [1.807, 2.05) is 18.3 Å². The topological polar surface area (TPSA) is 12.9 Å². The molecule has 0 saturated heterocycles. The van der Waals surface area contributed by atoms with Gasteiger partial charge < -0.3 is 0 Å². The summed E-state index contributed by atoms with van der Waals surface area (Å²) in [6.07, 6.45) is 9.69. The molecule has 14 heavy (non-hydrogen) atoms. The van der Waals surface area contributed by atoms with Gasteiger partial charge in [0.25, 0.3) is 0 Å². The van der Waals surface area contributed by atoms with Crippen LogP contribution in [0.2, 0.25) is 0 Å². The fourth-order valence-corrected chi connectivity index (χ4v) is 1.58. The van der Waals surface area contributed by atoms with E-state index in [4.69, 9.17) is 0 Å². The molecular formula is C13H19N. The number of hydrogen-bond donors (Lipinski definition) is 0. The minimum absolute atomic E-state index is 0.940. The summed E-state index contributed by atoms with van der Waals surface area (Å²) in [4.78, 5) is 4.42. The third kappa shape index (κ3) is 3.33. The third-order valence-corrected chi connectivity index (χ3v) is 2.37. The number of unbranched alkanes of at least 4 members (excludes halogenated alkanes) is 2. The first-order valence-corrected chi connectivity index (χ1v) is 5.42. The first-order chi connectivity index (χ1) is 6.88. The van der Waals surface area contributed by atoms with Gasteiger partial charge in [-0.25, -0.2) is 0 Å². The van der Waals surface area contributed by atoms with Gasteiger partial charge in [0.15, 0.2) is 0 Å². The molecule has 1 aromatic heterocycles. The zero-order valence-corrected chi connectivity index (χ0v) is 9.00. The van der Waals surface area contributed by atoms with E-state index in [9.17, 15) is 0 Å². The summed E-state index contributed by atoms with van der Waals surface area (Å²) in [6, 6.07) is 4.15. The van der Waals surface area contributed by atoms with Crippen molar-refractivity contribution < 1.29 is 0 Å². The Bertz CT molecular complexity index is 278. The smallest absolute Gasteiger partial charge is 0.0438 e. The monoisotopic (exact) mass is 189 g/mol. The van der Waals surface area contributed by atoms with Crippen LogP contribution in [0.4, 0.5) is 0 Å². The van der Waals surface area contributed by atoms with Crippen molar-refractivity contribution in [2.45, 2.75) is 39.0 Å². The number of rotatable bonds is 6. The molecule has 0 aromatic carbocycles. The van der Waals surface area contributed by atoms with Gasteiger partial charge in [0.1, 0.15) is 0 Å². The highest BCUT2D eigenvalue weighted by Gasteiger charge is 2.00. The van der Waals surface area contributed by atoms with Crippen molar-refractivity contribution in [1.29, 1.82) is 0 Å². The van der Waals surface area contributed by atoms with Gasteiger partial charge in [0.2, 0.25) is 0 Å². The van der Waals surface area contributed by atoms with Gasteiger partial charge in [0, 0.05) is 11.9 Å². The van der Waals surface area contributed by atoms with Crippen LogP contribution in [-0.4, -0.2) is 4.98 Å². The molecule has 0 saturated carbocycles. The number of aryl methyl sites for hydroxylation is 1. The Morgan fingerprint density at radius 3 is 3.00 bits per heavy atom. The molecule has 0 spiro atoms. The molecule has 0 N–H and O–H groups in total. The second-order valence-corrected chi connectivity index (χ2v) is 3.56. The quantitative estimate of drug-likeness (QED) is 0.492. The van der Waals surface area contributed by atoms with Crippen molar-refractivity contribution in [3.63, 3.8) is 0 Å². The number of pyridine rings is 1. The van der Waals surface area contributed by atoms with E-state index in [0.717, 1.165) is 12.8 Å². The van der Waals surface area contributed by atoms with E-state index in [1.165, 1.54) is 30.5 Å². The summed E-state index contributed by atoms with van der Waals surface area (Å²) >= 11 is 0. The van der Waals surface area contributed by atoms with Gasteiger partial charge in [-0.05, 0) is 30.9 Å². The Kier molecular flexibility index (Phi) is 4.98. The summed E-state index contributed by atoms with van der Waals surface area (Å²) in [6.45, 7) is 5.99. The number of allylic oxidation sites excluding steroid dienone is 1. The highest BCUT2D eigenvalue weighted by Crippen LogP contribution is 2.10. The van der Waals surface area contributed by atoms with Crippen LogP contribution >= 0.6 is 0 Å². The molecule has 0 radical (unpaired) electrons. The molecule has 1 aromatic rings. The third-order valence-electron chi connectivity index (χ3n) is 2.37. The molecule has 0 unspecified atom stereocenters. The number of hydrogen-bond acceptors (Lipinski definition) is 1. The van der Waals surface area contributed by atoms with Crippen LogP contribution in [0.5, 0.6) is 0 Å². The molecule has 0 atom stereocenters. The number of aromatic nitrogens is 1. The molecule has 76 valence electrons. The molecule has 1 heterocycles. The van der Waals surface area contributed by atoms with Crippen molar-refractivity contribution in [2.75, 3.05) is 0 Å². The SMILES string of the molecule is C=CCc1cccnc1CCCCC. The zero-order chi connectivity index (χ0) is 10.2. The molecule has 0 aliphatic rings. The average Bonchev–Trinajstić information content (AvgIpc) is 2.21. The summed E-state index contributed by atoms with van der Waals surface area (Å²) in [7, 11) is 0. The molecule has 0 aliphatic heterocycles. The molecule has 0 bridgehead atoms. The van der Waals surface area contributed by atoms with E-state index < -0.39 is 0 Å². The molecule has 0 fully saturated rings. The van der Waals surface area contributed by atoms with E-state index in [2.05, 4.69) is 24.6 Å². The van der Waals surface area contributed by atoms with Crippen LogP contribution < -0.4 is 0 Å². The molecule has 1 rings (SSSR count). The summed E-state index contributed by atoms with van der Waals surface area (Å²) in [5.41, 5.74) is 2.58. The average molecular weight is 189 g/mol. The Labute approximate surface area is 86.9 Å². The Hall–Kier alpha value is -1.11. The van der Waals surface area contributed by atoms with Crippen molar-refractivity contribution >= 4 is 0 Å². The van der Waals surface area contributed by atoms with E-state index in [-0.39, 0.29) is 0 Å². The zero-order valence-electron chi connectivity index (χ0n) is 9.00. The fraction of sp³-hybridized carbons (Fsp3) is 0.462. The maximum Gasteiger partial charge on any atom is 0.0438 e. The van der Waals surface area contributed by atoms with Crippen LogP contribution in [-0.2, 0) is 12.8 Å². The molecule has 0 amide bonds. The van der Waals surface area contributed by atoms with Crippen molar-refractivity contribution in [3.05, 3.63) is 42.2 Å². The predicted octanol–water partition coefficient (Wildman–Crippen LogP) is 3.54. The lowest BCUT2D eigenvalue weighted by Crippen LogP contribution is -1.96. The van der Waals surface area contributed by atoms with Crippen LogP contribution in [0.25, 0.3) is 0 Å². The van der Waals surface area contributed by atoms with E-state index in [1.54, 1.807) is 0 Å². The normalized spacial score (nSPS) is 10.1. The highest BCUT2D eigenvalue weighted by molar-refractivity contribution is 5.22. The maximum absolute atomic E-state index is 4.42. The Morgan fingerprint density at radius 2 is 2.29 bits per heavy atom. The Morgan fingerprint density at radius 1 is 1.43 bits per heavy atom. The van der Waals surface area contributed by atoms with Crippen molar-refractivity contribution in [1.82, 2.24) is 4.98 Å². The van der Waals surface area contributed by atoms with Crippen molar-refractivity contribution in [3.8, 4) is 0 Å². The van der Waals surface area contributed by atoms with Gasteiger partial charge in [0.05, 0.1) is 0 Å². The second kappa shape index (κ2) is 6.36. The fourth-order valence-electron chi connectivity index (χ4n) is 1.58. The minimum Gasteiger partial charge on any atom is -0.261 e. The second-order valence-electron chi connectivity index (χ2n) is 3.56. The summed E-state index contributed by atoms with van der Waals surface area (Å²) in [5.74, 6) is 0. The van der Waals surface area contributed by atoms with E-state index in [0.29, 0.717) is 0 Å². The van der Waals surface area contributed by atoms with Gasteiger partial charge in [-0.2, -0.15) is 0 Å². The Balaban J connectivity index is 2.59. The summed E-state index contributed by atoms with van der Waals surface area (Å²) < 4.78 is 0. The van der Waals surface area contributed by atoms with Crippen LogP contribution in [0.1, 0.15) is 37.4 Å². The predicted molar refractivity (Wildman–Crippen MR) is 61.4 cm³/mol. The lowest BCUT2D eigenvalue weighted by Gasteiger charge is -2.05. The van der Waals surface area contributed by atoms with Gasteiger partial charge in [-0.1, -0.05) is 31.9 Å². The lowest BCUT2D eigenvalue weighted by atomic mass is 10.1.